The largest absolute Gasteiger partial charge is 0.292 e. The van der Waals surface area contributed by atoms with Gasteiger partial charge in [-0.05, 0) is 18.2 Å². The molecule has 0 radical (unpaired) electrons. The van der Waals surface area contributed by atoms with E-state index >= 15 is 0 Å². The van der Waals surface area contributed by atoms with Gasteiger partial charge in [0, 0.05) is 6.07 Å². The lowest BCUT2D eigenvalue weighted by Crippen LogP contribution is -2.22. The van der Waals surface area contributed by atoms with Crippen LogP contribution in [0.5, 0.6) is 0 Å². The summed E-state index contributed by atoms with van der Waals surface area (Å²) in [7, 11) is 0. The Morgan fingerprint density at radius 2 is 1.85 bits per heavy atom. The number of hydrogen-bond acceptors (Lipinski definition) is 6. The number of nitrogens with zero attached hydrogens (tertiary/aromatic N) is 4. The van der Waals surface area contributed by atoms with Gasteiger partial charge < -0.3 is 0 Å². The second-order valence-electron chi connectivity index (χ2n) is 5.11. The zero-order valence-corrected chi connectivity index (χ0v) is 14.0. The molecule has 1 aromatic heterocycles. The van der Waals surface area contributed by atoms with Gasteiger partial charge in [-0.25, -0.2) is 0 Å². The van der Waals surface area contributed by atoms with Gasteiger partial charge in [-0.2, -0.15) is 14.9 Å². The Balaban J connectivity index is 1.85. The molecule has 2 aromatic carbocycles. The van der Waals surface area contributed by atoms with Crippen molar-refractivity contribution in [2.24, 2.45) is 5.10 Å². The first kappa shape index (κ1) is 17.3. The molecule has 0 atom stereocenters. The standard InChI is InChI=1S/C17H12ClN5O3/c18-16-14(11-20-22(17(16)24)13-7-2-1-3-8-13)21-19-10-12-6-4-5-9-15(12)23(25)26/h1-11,21H/b19-10+. The summed E-state index contributed by atoms with van der Waals surface area (Å²) in [6.45, 7) is 0. The van der Waals surface area contributed by atoms with Crippen molar-refractivity contribution in [1.29, 1.82) is 0 Å². The van der Waals surface area contributed by atoms with Crippen LogP contribution in [0.2, 0.25) is 5.02 Å². The average Bonchev–Trinajstić information content (AvgIpc) is 2.66. The van der Waals surface area contributed by atoms with E-state index in [4.69, 9.17) is 11.6 Å². The summed E-state index contributed by atoms with van der Waals surface area (Å²) < 4.78 is 1.17. The summed E-state index contributed by atoms with van der Waals surface area (Å²) in [5.41, 5.74) is 3.08. The zero-order valence-electron chi connectivity index (χ0n) is 13.2. The summed E-state index contributed by atoms with van der Waals surface area (Å²) in [6, 6.07) is 15.0. The maximum absolute atomic E-state index is 12.4. The predicted octanol–water partition coefficient (Wildman–Crippen LogP) is 3.24. The lowest BCUT2D eigenvalue weighted by molar-refractivity contribution is -0.385. The monoisotopic (exact) mass is 369 g/mol. The molecule has 8 nitrogen and oxygen atoms in total. The Morgan fingerprint density at radius 1 is 1.15 bits per heavy atom. The predicted molar refractivity (Wildman–Crippen MR) is 99.2 cm³/mol. The summed E-state index contributed by atoms with van der Waals surface area (Å²) in [5, 5.41) is 18.8. The number of hydrazone groups is 1. The van der Waals surface area contributed by atoms with E-state index in [1.54, 1.807) is 42.5 Å². The molecule has 0 unspecified atom stereocenters. The van der Waals surface area contributed by atoms with Crippen molar-refractivity contribution >= 4 is 29.2 Å². The number of anilines is 1. The Labute approximate surface area is 152 Å². The minimum absolute atomic E-state index is 0.0817. The summed E-state index contributed by atoms with van der Waals surface area (Å²) >= 11 is 6.09. The van der Waals surface area contributed by atoms with Crippen LogP contribution in [0.3, 0.4) is 0 Å². The molecule has 0 saturated heterocycles. The van der Waals surface area contributed by atoms with Crippen molar-refractivity contribution < 1.29 is 4.92 Å². The molecule has 0 saturated carbocycles. The smallest absolute Gasteiger partial charge is 0.275 e. The Morgan fingerprint density at radius 3 is 2.58 bits per heavy atom. The van der Waals surface area contributed by atoms with Crippen LogP contribution in [0.1, 0.15) is 5.56 Å². The number of nitro groups is 1. The van der Waals surface area contributed by atoms with Gasteiger partial charge in [-0.15, -0.1) is 0 Å². The van der Waals surface area contributed by atoms with E-state index in [1.165, 1.54) is 23.2 Å². The number of para-hydroxylation sites is 2. The number of aromatic nitrogens is 2. The quantitative estimate of drug-likeness (QED) is 0.422. The van der Waals surface area contributed by atoms with Crippen LogP contribution < -0.4 is 11.0 Å². The van der Waals surface area contributed by atoms with Crippen LogP contribution in [-0.2, 0) is 0 Å². The fraction of sp³-hybridized carbons (Fsp3) is 0. The van der Waals surface area contributed by atoms with E-state index < -0.39 is 10.5 Å². The van der Waals surface area contributed by atoms with Crippen LogP contribution in [0.25, 0.3) is 5.69 Å². The molecule has 130 valence electrons. The third kappa shape index (κ3) is 3.60. The van der Waals surface area contributed by atoms with Crippen molar-refractivity contribution in [3.8, 4) is 5.69 Å². The second-order valence-corrected chi connectivity index (χ2v) is 5.49. The van der Waals surface area contributed by atoms with Crippen LogP contribution >= 0.6 is 11.6 Å². The van der Waals surface area contributed by atoms with Crippen molar-refractivity contribution in [3.63, 3.8) is 0 Å². The molecule has 0 fully saturated rings. The molecule has 0 aliphatic heterocycles. The van der Waals surface area contributed by atoms with Crippen LogP contribution in [0, 0.1) is 10.1 Å². The molecule has 1 N–H and O–H groups in total. The Bertz CT molecular complexity index is 1030. The van der Waals surface area contributed by atoms with E-state index in [0.29, 0.717) is 11.3 Å². The normalized spacial score (nSPS) is 10.8. The lowest BCUT2D eigenvalue weighted by Gasteiger charge is -2.07. The number of halogens is 1. The van der Waals surface area contributed by atoms with E-state index in [9.17, 15) is 14.9 Å². The minimum atomic E-state index is -0.510. The maximum Gasteiger partial charge on any atom is 0.292 e. The highest BCUT2D eigenvalue weighted by atomic mass is 35.5. The number of rotatable bonds is 5. The van der Waals surface area contributed by atoms with Gasteiger partial charge in [0.1, 0.15) is 10.7 Å². The molecule has 0 amide bonds. The van der Waals surface area contributed by atoms with Crippen molar-refractivity contribution in [3.05, 3.63) is 91.8 Å². The fourth-order valence-electron chi connectivity index (χ4n) is 2.20. The van der Waals surface area contributed by atoms with Crippen molar-refractivity contribution in [2.45, 2.75) is 0 Å². The van der Waals surface area contributed by atoms with E-state index in [2.05, 4.69) is 15.6 Å². The molecule has 1 heterocycles. The van der Waals surface area contributed by atoms with Gasteiger partial charge in [0.15, 0.2) is 0 Å². The van der Waals surface area contributed by atoms with E-state index in [-0.39, 0.29) is 16.4 Å². The second kappa shape index (κ2) is 7.58. The highest BCUT2D eigenvalue weighted by Crippen LogP contribution is 2.18. The van der Waals surface area contributed by atoms with Crippen molar-refractivity contribution in [1.82, 2.24) is 9.78 Å². The first-order valence-electron chi connectivity index (χ1n) is 7.43. The molecule has 0 aliphatic carbocycles. The highest BCUT2D eigenvalue weighted by Gasteiger charge is 2.11. The lowest BCUT2D eigenvalue weighted by atomic mass is 10.2. The maximum atomic E-state index is 12.4. The summed E-state index contributed by atoms with van der Waals surface area (Å²) in [6.07, 6.45) is 2.63. The van der Waals surface area contributed by atoms with Crippen LogP contribution in [-0.4, -0.2) is 20.9 Å². The van der Waals surface area contributed by atoms with Crippen LogP contribution in [0.15, 0.2) is 70.7 Å². The molecule has 9 heteroatoms. The fourth-order valence-corrected chi connectivity index (χ4v) is 2.37. The summed E-state index contributed by atoms with van der Waals surface area (Å²) in [4.78, 5) is 22.8. The highest BCUT2D eigenvalue weighted by molar-refractivity contribution is 6.32. The molecule has 26 heavy (non-hydrogen) atoms. The van der Waals surface area contributed by atoms with E-state index in [1.807, 2.05) is 6.07 Å². The molecule has 0 bridgehead atoms. The molecular formula is C17H12ClN5O3. The van der Waals surface area contributed by atoms with Gasteiger partial charge >= 0.3 is 0 Å². The van der Waals surface area contributed by atoms with Gasteiger partial charge in [-0.1, -0.05) is 41.9 Å². The molecule has 3 aromatic rings. The molecule has 0 spiro atoms. The van der Waals surface area contributed by atoms with Gasteiger partial charge in [0.25, 0.3) is 11.2 Å². The third-order valence-corrected chi connectivity index (χ3v) is 3.81. The molecule has 0 aliphatic rings. The first-order chi connectivity index (χ1) is 12.6. The van der Waals surface area contributed by atoms with Crippen LogP contribution in [0.4, 0.5) is 11.4 Å². The molecular weight excluding hydrogens is 358 g/mol. The van der Waals surface area contributed by atoms with Gasteiger partial charge in [-0.3, -0.25) is 20.3 Å². The number of nitrogens with one attached hydrogen (secondary N) is 1. The Hall–Kier alpha value is -3.52. The molecule has 3 rings (SSSR count). The van der Waals surface area contributed by atoms with Crippen molar-refractivity contribution in [2.75, 3.05) is 5.43 Å². The number of nitro benzene ring substituents is 1. The first-order valence-corrected chi connectivity index (χ1v) is 7.81. The SMILES string of the molecule is O=c1c(Cl)c(N/N=C/c2ccccc2[N+](=O)[O-])cnn1-c1ccccc1. The van der Waals surface area contributed by atoms with Gasteiger partial charge in [0.2, 0.25) is 0 Å². The average molecular weight is 370 g/mol. The Kier molecular flexibility index (Phi) is 5.04. The number of hydrogen-bond donors (Lipinski definition) is 1. The zero-order chi connectivity index (χ0) is 18.5. The third-order valence-electron chi connectivity index (χ3n) is 3.44. The topological polar surface area (TPSA) is 102 Å². The number of benzene rings is 2. The van der Waals surface area contributed by atoms with Gasteiger partial charge in [0.05, 0.1) is 28.6 Å². The minimum Gasteiger partial charge on any atom is -0.275 e. The summed E-state index contributed by atoms with van der Waals surface area (Å²) in [5.74, 6) is 0. The van der Waals surface area contributed by atoms with E-state index in [0.717, 1.165) is 0 Å².